The Hall–Kier alpha value is -7.18. The van der Waals surface area contributed by atoms with Crippen molar-refractivity contribution in [1.29, 1.82) is 0 Å². The Balaban J connectivity index is 0.000000245. The number of fused-ring (bicyclic) bond motifs is 2. The number of anilines is 3. The lowest BCUT2D eigenvalue weighted by Crippen LogP contribution is -2.25. The summed E-state index contributed by atoms with van der Waals surface area (Å²) < 4.78 is 3.74. The van der Waals surface area contributed by atoms with Gasteiger partial charge in [-0.25, -0.2) is 9.97 Å². The molecule has 0 saturated carbocycles. The molecule has 310 valence electrons. The predicted octanol–water partition coefficient (Wildman–Crippen LogP) is 10.7. The molecule has 3 aromatic carbocycles. The van der Waals surface area contributed by atoms with Crippen molar-refractivity contribution in [2.24, 2.45) is 0 Å². The third kappa shape index (κ3) is 10.7. The summed E-state index contributed by atoms with van der Waals surface area (Å²) in [7, 11) is 3.92. The van der Waals surface area contributed by atoms with Crippen molar-refractivity contribution in [3.05, 3.63) is 188 Å². The molecule has 7 aromatic rings. The molecule has 0 aliphatic carbocycles. The first-order chi connectivity index (χ1) is 29.1. The van der Waals surface area contributed by atoms with E-state index in [1.807, 2.05) is 161 Å². The van der Waals surface area contributed by atoms with E-state index in [1.165, 1.54) is 18.3 Å². The van der Waals surface area contributed by atoms with Crippen molar-refractivity contribution in [3.63, 3.8) is 0 Å². The van der Waals surface area contributed by atoms with Crippen molar-refractivity contribution in [2.45, 2.75) is 54.5 Å². The van der Waals surface area contributed by atoms with Crippen LogP contribution in [0.15, 0.2) is 155 Å². The molecular weight excluding hydrogens is 753 g/mol. The van der Waals surface area contributed by atoms with Gasteiger partial charge in [0.15, 0.2) is 16.5 Å². The topological polar surface area (TPSA) is 140 Å². The molecule has 0 radical (unpaired) electrons. The molecule has 0 fully saturated rings. The van der Waals surface area contributed by atoms with Crippen molar-refractivity contribution >= 4 is 45.1 Å². The SMILES string of the molecule is C=C/C(=C\CC)Nc1c(CN(C)C)c(=O)c2ccc(C)nc2n1-c1ccccc1.CC.CC.O=c1cc(Nc2ccccc2)n(-c2ccccc2)c2nccc([N+](=O)[O-])c12. The Morgan fingerprint density at radius 3 is 1.97 bits per heavy atom. The van der Waals surface area contributed by atoms with Gasteiger partial charge in [0.2, 0.25) is 0 Å². The molecule has 0 saturated heterocycles. The number of para-hydroxylation sites is 3. The highest BCUT2D eigenvalue weighted by Gasteiger charge is 2.22. The number of benzene rings is 3. The third-order valence-corrected chi connectivity index (χ3v) is 8.78. The smallest absolute Gasteiger partial charge is 0.285 e. The molecule has 60 heavy (non-hydrogen) atoms. The molecule has 0 unspecified atom stereocenters. The summed E-state index contributed by atoms with van der Waals surface area (Å²) in [6, 6.07) is 35.0. The molecule has 7 rings (SSSR count). The van der Waals surface area contributed by atoms with Gasteiger partial charge in [-0.3, -0.25) is 28.8 Å². The number of aryl methyl sites for hydroxylation is 1. The fourth-order valence-corrected chi connectivity index (χ4v) is 6.34. The van der Waals surface area contributed by atoms with Crippen LogP contribution in [0, 0.1) is 17.0 Å². The number of hydrogen-bond acceptors (Lipinski definition) is 9. The average Bonchev–Trinajstić information content (AvgIpc) is 3.27. The highest BCUT2D eigenvalue weighted by molar-refractivity contribution is 5.88. The highest BCUT2D eigenvalue weighted by Crippen LogP contribution is 2.29. The first-order valence-corrected chi connectivity index (χ1v) is 20.0. The monoisotopic (exact) mass is 806 g/mol. The van der Waals surface area contributed by atoms with E-state index in [0.717, 1.165) is 40.7 Å². The van der Waals surface area contributed by atoms with E-state index in [2.05, 4.69) is 35.2 Å². The van der Waals surface area contributed by atoms with E-state index in [4.69, 9.17) is 4.98 Å². The predicted molar refractivity (Wildman–Crippen MR) is 248 cm³/mol. The van der Waals surface area contributed by atoms with E-state index in [-0.39, 0.29) is 22.1 Å². The van der Waals surface area contributed by atoms with E-state index in [1.54, 1.807) is 10.6 Å². The van der Waals surface area contributed by atoms with Crippen LogP contribution in [0.25, 0.3) is 33.4 Å². The molecule has 2 N–H and O–H groups in total. The fourth-order valence-electron chi connectivity index (χ4n) is 6.34. The maximum atomic E-state index is 13.4. The number of pyridine rings is 4. The number of allylic oxidation sites excluding steroid dienone is 2. The Bertz CT molecular complexity index is 2670. The zero-order valence-electron chi connectivity index (χ0n) is 35.6. The molecule has 0 amide bonds. The molecule has 4 aromatic heterocycles. The summed E-state index contributed by atoms with van der Waals surface area (Å²) in [6.45, 7) is 16.4. The molecule has 0 aliphatic rings. The van der Waals surface area contributed by atoms with Gasteiger partial charge in [0.05, 0.1) is 15.9 Å². The first kappa shape index (κ1) is 45.5. The summed E-state index contributed by atoms with van der Waals surface area (Å²) >= 11 is 0. The number of rotatable bonds is 11. The fraction of sp³-hybridized carbons (Fsp3) is 0.208. The lowest BCUT2D eigenvalue weighted by molar-refractivity contribution is -0.383. The van der Waals surface area contributed by atoms with Crippen molar-refractivity contribution in [2.75, 3.05) is 24.7 Å². The number of nitrogens with one attached hydrogen (secondary N) is 2. The Morgan fingerprint density at radius 1 is 0.833 bits per heavy atom. The second-order valence-corrected chi connectivity index (χ2v) is 13.1. The van der Waals surface area contributed by atoms with E-state index in [9.17, 15) is 19.7 Å². The first-order valence-electron chi connectivity index (χ1n) is 20.0. The van der Waals surface area contributed by atoms with E-state index < -0.39 is 10.4 Å². The Labute approximate surface area is 351 Å². The number of aromatic nitrogens is 4. The Kier molecular flexibility index (Phi) is 16.8. The minimum absolute atomic E-state index is 0.00390. The maximum Gasteiger partial charge on any atom is 0.285 e. The van der Waals surface area contributed by atoms with Gasteiger partial charge in [-0.05, 0) is 82.0 Å². The summed E-state index contributed by atoms with van der Waals surface area (Å²) in [4.78, 5) is 48.0. The lowest BCUT2D eigenvalue weighted by atomic mass is 10.1. The van der Waals surface area contributed by atoms with Crippen LogP contribution < -0.4 is 21.5 Å². The van der Waals surface area contributed by atoms with Crippen LogP contribution >= 0.6 is 0 Å². The second-order valence-electron chi connectivity index (χ2n) is 13.1. The van der Waals surface area contributed by atoms with E-state index >= 15 is 0 Å². The maximum absolute atomic E-state index is 13.4. The van der Waals surface area contributed by atoms with Crippen molar-refractivity contribution in [1.82, 2.24) is 24.0 Å². The molecular formula is C48H54N8O4. The standard InChI is InChI=1S/C24H28N4O.C20H14N4O3.2C2H6/c1-6-11-18(7-2)26-24-21(16-27(4)5)22(29)20-15-14-17(3)25-23(20)28(24)19-12-9-8-10-13-19;25-17-13-18(22-14-7-3-1-4-8-14)23(15-9-5-2-6-10-15)20-19(17)16(24(26)27)11-12-21-20;2*1-2/h7-15,26H,2,6,16H2,1,3-5H3;1-13,22H;2*1-2H3/b18-11+;;;. The van der Waals surface area contributed by atoms with Crippen LogP contribution in [0.2, 0.25) is 0 Å². The zero-order valence-corrected chi connectivity index (χ0v) is 35.6. The van der Waals surface area contributed by atoms with Gasteiger partial charge in [0.25, 0.3) is 5.69 Å². The molecule has 0 bridgehead atoms. The third-order valence-electron chi connectivity index (χ3n) is 8.78. The van der Waals surface area contributed by atoms with Gasteiger partial charge < -0.3 is 15.5 Å². The van der Waals surface area contributed by atoms with Crippen molar-refractivity contribution in [3.8, 4) is 11.4 Å². The minimum Gasteiger partial charge on any atom is -0.341 e. The largest absolute Gasteiger partial charge is 0.341 e. The van der Waals surface area contributed by atoms with Crippen LogP contribution in [-0.2, 0) is 6.54 Å². The normalized spacial score (nSPS) is 10.7. The zero-order chi connectivity index (χ0) is 43.8. The van der Waals surface area contributed by atoms with Crippen molar-refractivity contribution < 1.29 is 4.92 Å². The lowest BCUT2D eigenvalue weighted by Gasteiger charge is -2.23. The number of nitrogens with zero attached hydrogens (tertiary/aromatic N) is 6. The number of nitro groups is 1. The average molecular weight is 807 g/mol. The quantitative estimate of drug-likeness (QED) is 0.0742. The molecule has 0 atom stereocenters. The minimum atomic E-state index is -0.564. The van der Waals surface area contributed by atoms with Crippen LogP contribution in [0.3, 0.4) is 0 Å². The van der Waals surface area contributed by atoms with E-state index in [0.29, 0.717) is 29.0 Å². The molecule has 12 heteroatoms. The van der Waals surface area contributed by atoms with Gasteiger partial charge in [0, 0.05) is 53.3 Å². The second kappa shape index (κ2) is 22.1. The van der Waals surface area contributed by atoms with Crippen LogP contribution in [-0.4, -0.2) is 43.0 Å². The van der Waals surface area contributed by atoms with Gasteiger partial charge >= 0.3 is 0 Å². The molecule has 0 aliphatic heterocycles. The van der Waals surface area contributed by atoms with Gasteiger partial charge in [-0.1, -0.05) is 102 Å². The Morgan fingerprint density at radius 2 is 1.42 bits per heavy atom. The molecule has 12 nitrogen and oxygen atoms in total. The van der Waals surface area contributed by atoms with Gasteiger partial charge in [-0.2, -0.15) is 0 Å². The summed E-state index contributed by atoms with van der Waals surface area (Å²) in [6.07, 6.45) is 6.03. The summed E-state index contributed by atoms with van der Waals surface area (Å²) in [5.41, 5.74) is 5.02. The van der Waals surface area contributed by atoms with Crippen LogP contribution in [0.5, 0.6) is 0 Å². The van der Waals surface area contributed by atoms with Crippen LogP contribution in [0.1, 0.15) is 52.3 Å². The summed E-state index contributed by atoms with van der Waals surface area (Å²) in [5, 5.41) is 18.7. The van der Waals surface area contributed by atoms with Crippen LogP contribution in [0.4, 0.5) is 23.0 Å². The summed E-state index contributed by atoms with van der Waals surface area (Å²) in [5.74, 6) is 1.19. The highest BCUT2D eigenvalue weighted by atomic mass is 16.6. The van der Waals surface area contributed by atoms with Gasteiger partial charge in [-0.15, -0.1) is 0 Å². The molecule has 0 spiro atoms. The number of hydrogen-bond donors (Lipinski definition) is 2. The van der Waals surface area contributed by atoms with Gasteiger partial charge in [0.1, 0.15) is 22.7 Å². The molecule has 4 heterocycles.